The molecule has 0 aliphatic heterocycles. The van der Waals surface area contributed by atoms with Crippen LogP contribution in [0.1, 0.15) is 53.4 Å². The second kappa shape index (κ2) is 8.91. The van der Waals surface area contributed by atoms with Gasteiger partial charge in [0.05, 0.1) is 12.5 Å². The molecular formula is C14H28N2O3. The maximum Gasteiger partial charge on any atom is 0.305 e. The summed E-state index contributed by atoms with van der Waals surface area (Å²) >= 11 is 0. The van der Waals surface area contributed by atoms with Gasteiger partial charge in [-0.2, -0.15) is 0 Å². The zero-order valence-corrected chi connectivity index (χ0v) is 12.5. The highest BCUT2D eigenvalue weighted by Gasteiger charge is 2.23. The van der Waals surface area contributed by atoms with E-state index in [4.69, 9.17) is 10.8 Å². The van der Waals surface area contributed by atoms with Gasteiger partial charge < -0.3 is 16.2 Å². The molecule has 1 amide bonds. The Morgan fingerprint density at radius 2 is 1.84 bits per heavy atom. The average Bonchev–Trinajstić information content (AvgIpc) is 2.26. The van der Waals surface area contributed by atoms with E-state index in [0.717, 1.165) is 12.8 Å². The highest BCUT2D eigenvalue weighted by atomic mass is 16.4. The molecule has 0 aromatic carbocycles. The van der Waals surface area contributed by atoms with Crippen LogP contribution in [-0.2, 0) is 9.59 Å². The first kappa shape index (κ1) is 17.9. The Bertz CT molecular complexity index is 292. The lowest BCUT2D eigenvalue weighted by molar-refractivity contribution is -0.137. The lowest BCUT2D eigenvalue weighted by atomic mass is 9.95. The zero-order valence-electron chi connectivity index (χ0n) is 12.5. The molecule has 3 atom stereocenters. The Morgan fingerprint density at radius 3 is 2.26 bits per heavy atom. The first-order valence-corrected chi connectivity index (χ1v) is 7.05. The monoisotopic (exact) mass is 272 g/mol. The van der Waals surface area contributed by atoms with E-state index in [1.54, 1.807) is 0 Å². The van der Waals surface area contributed by atoms with E-state index in [9.17, 15) is 9.59 Å². The maximum absolute atomic E-state index is 11.9. The molecule has 0 aliphatic carbocycles. The maximum atomic E-state index is 11.9. The minimum atomic E-state index is -0.896. The summed E-state index contributed by atoms with van der Waals surface area (Å²) < 4.78 is 0. The molecule has 0 rings (SSSR count). The van der Waals surface area contributed by atoms with Crippen molar-refractivity contribution < 1.29 is 14.7 Å². The summed E-state index contributed by atoms with van der Waals surface area (Å²) in [6.07, 6.45) is 2.71. The number of nitrogens with two attached hydrogens (primary N) is 1. The minimum Gasteiger partial charge on any atom is -0.481 e. The Labute approximate surface area is 115 Å². The van der Waals surface area contributed by atoms with Crippen molar-refractivity contribution in [2.75, 3.05) is 0 Å². The fraction of sp³-hybridized carbons (Fsp3) is 0.857. The van der Waals surface area contributed by atoms with Crippen LogP contribution < -0.4 is 11.1 Å². The van der Waals surface area contributed by atoms with Crippen LogP contribution in [-0.4, -0.2) is 29.1 Å². The number of carboxylic acids is 1. The van der Waals surface area contributed by atoms with Gasteiger partial charge in [0, 0.05) is 6.04 Å². The lowest BCUT2D eigenvalue weighted by Gasteiger charge is -2.23. The molecule has 0 saturated heterocycles. The quantitative estimate of drug-likeness (QED) is 0.596. The Kier molecular flexibility index (Phi) is 8.39. The van der Waals surface area contributed by atoms with Gasteiger partial charge in [0.25, 0.3) is 0 Å². The van der Waals surface area contributed by atoms with Gasteiger partial charge in [0.15, 0.2) is 0 Å². The topological polar surface area (TPSA) is 92.4 Å². The SMILES string of the molecule is CCCC(C)C[C@@H](CC(=O)O)NC(=O)[C@@H](N)C(C)C. The summed E-state index contributed by atoms with van der Waals surface area (Å²) in [5.74, 6) is -0.722. The average molecular weight is 272 g/mol. The molecular weight excluding hydrogens is 244 g/mol. The standard InChI is InChI=1S/C14H28N2O3/c1-5-6-10(4)7-11(8-12(17)18)16-14(19)13(15)9(2)3/h9-11,13H,5-8,15H2,1-4H3,(H,16,19)(H,17,18)/t10?,11-,13-/m0/s1. The predicted molar refractivity (Wildman–Crippen MR) is 75.7 cm³/mol. The molecule has 0 spiro atoms. The molecule has 1 unspecified atom stereocenters. The molecule has 0 radical (unpaired) electrons. The number of hydrogen-bond donors (Lipinski definition) is 3. The molecule has 19 heavy (non-hydrogen) atoms. The largest absolute Gasteiger partial charge is 0.481 e. The molecule has 0 fully saturated rings. The molecule has 0 saturated carbocycles. The van der Waals surface area contributed by atoms with Crippen LogP contribution in [0, 0.1) is 11.8 Å². The first-order chi connectivity index (χ1) is 8.77. The van der Waals surface area contributed by atoms with E-state index in [0.29, 0.717) is 12.3 Å². The van der Waals surface area contributed by atoms with Gasteiger partial charge in [0.2, 0.25) is 5.91 Å². The molecule has 0 aromatic rings. The number of carboxylic acid groups (broad SMARTS) is 1. The molecule has 0 aromatic heterocycles. The van der Waals surface area contributed by atoms with Crippen molar-refractivity contribution in [3.8, 4) is 0 Å². The summed E-state index contributed by atoms with van der Waals surface area (Å²) in [5.41, 5.74) is 5.77. The highest BCUT2D eigenvalue weighted by Crippen LogP contribution is 2.15. The molecule has 5 nitrogen and oxygen atoms in total. The van der Waals surface area contributed by atoms with E-state index in [2.05, 4.69) is 19.2 Å². The number of nitrogens with one attached hydrogen (secondary N) is 1. The Morgan fingerprint density at radius 1 is 1.26 bits per heavy atom. The minimum absolute atomic E-state index is 0.0403. The van der Waals surface area contributed by atoms with E-state index in [1.807, 2.05) is 13.8 Å². The van der Waals surface area contributed by atoms with Crippen molar-refractivity contribution in [2.24, 2.45) is 17.6 Å². The second-order valence-corrected chi connectivity index (χ2v) is 5.70. The van der Waals surface area contributed by atoms with E-state index >= 15 is 0 Å². The zero-order chi connectivity index (χ0) is 15.0. The van der Waals surface area contributed by atoms with Crippen molar-refractivity contribution in [1.82, 2.24) is 5.32 Å². The summed E-state index contributed by atoms with van der Waals surface area (Å²) in [6, 6.07) is -0.922. The van der Waals surface area contributed by atoms with Crippen LogP contribution in [0.4, 0.5) is 0 Å². The van der Waals surface area contributed by atoms with Crippen molar-refractivity contribution in [2.45, 2.75) is 65.5 Å². The lowest BCUT2D eigenvalue weighted by Crippen LogP contribution is -2.48. The summed E-state index contributed by atoms with van der Waals surface area (Å²) in [7, 11) is 0. The fourth-order valence-electron chi connectivity index (χ4n) is 2.10. The highest BCUT2D eigenvalue weighted by molar-refractivity contribution is 5.82. The van der Waals surface area contributed by atoms with Crippen LogP contribution in [0.15, 0.2) is 0 Å². The number of amides is 1. The van der Waals surface area contributed by atoms with E-state index in [1.165, 1.54) is 0 Å². The molecule has 0 heterocycles. The number of carbonyl (C=O) groups is 2. The van der Waals surface area contributed by atoms with Gasteiger partial charge in [0.1, 0.15) is 0 Å². The van der Waals surface area contributed by atoms with Gasteiger partial charge in [-0.1, -0.05) is 40.5 Å². The van der Waals surface area contributed by atoms with E-state index < -0.39 is 12.0 Å². The van der Waals surface area contributed by atoms with Gasteiger partial charge in [-0.25, -0.2) is 0 Å². The number of aliphatic carboxylic acids is 1. The normalized spacial score (nSPS) is 15.9. The first-order valence-electron chi connectivity index (χ1n) is 7.05. The van der Waals surface area contributed by atoms with Crippen LogP contribution in [0.3, 0.4) is 0 Å². The third kappa shape index (κ3) is 7.82. The number of rotatable bonds is 9. The van der Waals surface area contributed by atoms with Crippen LogP contribution in [0.2, 0.25) is 0 Å². The van der Waals surface area contributed by atoms with Crippen molar-refractivity contribution in [3.05, 3.63) is 0 Å². The Balaban J connectivity index is 4.50. The van der Waals surface area contributed by atoms with Crippen molar-refractivity contribution >= 4 is 11.9 Å². The predicted octanol–water partition coefficient (Wildman–Crippen LogP) is 1.76. The molecule has 4 N–H and O–H groups in total. The molecule has 112 valence electrons. The van der Waals surface area contributed by atoms with Gasteiger partial charge in [-0.15, -0.1) is 0 Å². The van der Waals surface area contributed by atoms with Gasteiger partial charge >= 0.3 is 5.97 Å². The molecule has 0 aliphatic rings. The molecule has 0 bridgehead atoms. The van der Waals surface area contributed by atoms with Crippen molar-refractivity contribution in [3.63, 3.8) is 0 Å². The van der Waals surface area contributed by atoms with E-state index in [-0.39, 0.29) is 24.3 Å². The van der Waals surface area contributed by atoms with Crippen molar-refractivity contribution in [1.29, 1.82) is 0 Å². The fourth-order valence-corrected chi connectivity index (χ4v) is 2.10. The Hall–Kier alpha value is -1.10. The molecule has 5 heteroatoms. The van der Waals surface area contributed by atoms with Gasteiger partial charge in [-0.3, -0.25) is 9.59 Å². The smallest absolute Gasteiger partial charge is 0.305 e. The van der Waals surface area contributed by atoms with Crippen LogP contribution in [0.5, 0.6) is 0 Å². The third-order valence-electron chi connectivity index (χ3n) is 3.26. The van der Waals surface area contributed by atoms with Gasteiger partial charge in [-0.05, 0) is 18.3 Å². The third-order valence-corrected chi connectivity index (χ3v) is 3.26. The summed E-state index contributed by atoms with van der Waals surface area (Å²) in [6.45, 7) is 7.91. The second-order valence-electron chi connectivity index (χ2n) is 5.70. The number of carbonyl (C=O) groups excluding carboxylic acids is 1. The summed E-state index contributed by atoms with van der Waals surface area (Å²) in [4.78, 5) is 22.7. The van der Waals surface area contributed by atoms with Crippen LogP contribution >= 0.6 is 0 Å². The summed E-state index contributed by atoms with van der Waals surface area (Å²) in [5, 5.41) is 11.7. The number of hydrogen-bond acceptors (Lipinski definition) is 3. The van der Waals surface area contributed by atoms with Crippen LogP contribution in [0.25, 0.3) is 0 Å².